The van der Waals surface area contributed by atoms with E-state index in [9.17, 15) is 27.6 Å². The molecule has 3 aliphatic heterocycles. The first-order valence-electron chi connectivity index (χ1n) is 48.4. The minimum atomic E-state index is -4.78. The van der Waals surface area contributed by atoms with E-state index in [-0.39, 0.29) is 190 Å². The third kappa shape index (κ3) is 24.3. The average Bonchev–Trinajstić information content (AvgIpc) is 1.16. The molecule has 0 fully saturated rings. The molecule has 6 amide bonds. The Bertz CT molecular complexity index is 6880. The molecule has 3 aliphatic rings. The lowest BCUT2D eigenvalue weighted by molar-refractivity contribution is -0.138. The van der Waals surface area contributed by atoms with Crippen LogP contribution in [0.2, 0.25) is 0 Å². The summed E-state index contributed by atoms with van der Waals surface area (Å²) in [6.07, 6.45) is 6.80. The van der Waals surface area contributed by atoms with Crippen molar-refractivity contribution >= 4 is 100 Å². The van der Waals surface area contributed by atoms with Gasteiger partial charge in [0, 0.05) is 126 Å². The number of amidine groups is 3. The van der Waals surface area contributed by atoms with Crippen LogP contribution in [-0.2, 0) is 124 Å². The molecule has 0 bridgehead atoms. The highest BCUT2D eigenvalue weighted by molar-refractivity contribution is 7.93. The number of hydrogen-bond acceptors (Lipinski definition) is 27. The van der Waals surface area contributed by atoms with Gasteiger partial charge in [0.25, 0.3) is 47.8 Å². The molecule has 6 aromatic carbocycles. The number of rotatable bonds is 47. The van der Waals surface area contributed by atoms with Crippen LogP contribution >= 0.6 is 0 Å². The van der Waals surface area contributed by atoms with Gasteiger partial charge in [-0.2, -0.15) is 5.10 Å². The van der Waals surface area contributed by atoms with Crippen molar-refractivity contribution in [2.75, 3.05) is 102 Å². The molecule has 40 heteroatoms. The number of benzene rings is 6. The van der Waals surface area contributed by atoms with E-state index in [0.717, 1.165) is 12.8 Å². The van der Waals surface area contributed by atoms with Crippen molar-refractivity contribution in [3.8, 4) is 33.4 Å². The molecular formula is C104H131N17O20S3. The second-order valence-corrected chi connectivity index (χ2v) is 42.0. The molecule has 0 saturated heterocycles. The number of aryl methyl sites for hydroxylation is 4. The zero-order valence-electron chi connectivity index (χ0n) is 85.4. The molecule has 37 nitrogen and oxygen atoms in total. The average molecular weight is 2040 g/mol. The van der Waals surface area contributed by atoms with Crippen LogP contribution in [0.15, 0.2) is 171 Å². The number of carbonyl (C=O) groups is 6. The Hall–Kier alpha value is -13.0. The van der Waals surface area contributed by atoms with E-state index < -0.39 is 64.8 Å². The first-order chi connectivity index (χ1) is 68.7. The Kier molecular flexibility index (Phi) is 35.2. The van der Waals surface area contributed by atoms with E-state index in [1.807, 2.05) is 71.9 Å². The molecule has 4 atom stereocenters. The number of aliphatic imine (C=N–C) groups is 3. The van der Waals surface area contributed by atoms with Gasteiger partial charge in [0.15, 0.2) is 28.5 Å². The molecule has 770 valence electrons. The number of nitrogens with one attached hydrogen (secondary N) is 3. The second-order valence-electron chi connectivity index (χ2n) is 37.0. The SMILES string of the molecule is CCCCC1=N[C@@](C)(CN(C)C(=O)COC)C(=O)N1Cc1ccc(-c2ccc(C(CCC)C3=N[C@](C)(CN(C)C(=O)COC)C(=O)N3Cc3ccc(-c4ccc(C(CCC)/C5=N/CN(C(=O)c6cnn(C)c6)CCCC(=O)N5Cc5ccc(-c6ccccc6S(=O)(=O)Nc6noc(C)c6C)c(COCC)c5)cc4S(=O)(=O)Nc4noc(C)c4C)c(COCC)c3)cc2S(=O)(=O)Nc2noc(C)c2C)c(COCC)c1. The predicted molar refractivity (Wildman–Crippen MR) is 545 cm³/mol. The quantitative estimate of drug-likeness (QED) is 0.0319. The topological polar surface area (TPSA) is 440 Å². The van der Waals surface area contributed by atoms with Crippen molar-refractivity contribution in [2.24, 2.45) is 22.0 Å². The summed E-state index contributed by atoms with van der Waals surface area (Å²) in [6.45, 7) is 24.6. The summed E-state index contributed by atoms with van der Waals surface area (Å²) in [5, 5.41) is 16.6. The van der Waals surface area contributed by atoms with Crippen molar-refractivity contribution in [3.63, 3.8) is 0 Å². The van der Waals surface area contributed by atoms with Crippen LogP contribution in [0.5, 0.6) is 0 Å². The number of unbranched alkanes of at least 4 members (excludes halogenated alkanes) is 1. The summed E-state index contributed by atoms with van der Waals surface area (Å²) in [5.74, 6) is -1.90. The number of nitrogens with zero attached hydrogens (tertiary/aromatic N) is 14. The van der Waals surface area contributed by atoms with Crippen LogP contribution in [0.4, 0.5) is 17.5 Å². The number of sulfonamides is 3. The molecule has 144 heavy (non-hydrogen) atoms. The van der Waals surface area contributed by atoms with E-state index in [1.165, 1.54) is 41.0 Å². The van der Waals surface area contributed by atoms with Gasteiger partial charge in [-0.15, -0.1) is 0 Å². The van der Waals surface area contributed by atoms with Gasteiger partial charge in [-0.25, -0.2) is 30.2 Å². The summed E-state index contributed by atoms with van der Waals surface area (Å²) in [6, 6.07) is 33.0. The number of likely N-dealkylation sites (N-methyl/N-ethyl adjacent to an activating group) is 2. The molecule has 7 heterocycles. The first kappa shape index (κ1) is 108. The van der Waals surface area contributed by atoms with Crippen LogP contribution in [-0.4, -0.2) is 232 Å². The minimum absolute atomic E-state index is 0.00523. The van der Waals surface area contributed by atoms with Crippen molar-refractivity contribution in [1.82, 2.24) is 54.6 Å². The van der Waals surface area contributed by atoms with E-state index in [4.69, 9.17) is 52.2 Å². The van der Waals surface area contributed by atoms with Gasteiger partial charge in [0.05, 0.1) is 79.0 Å². The van der Waals surface area contributed by atoms with Crippen molar-refractivity contribution in [2.45, 2.75) is 232 Å². The van der Waals surface area contributed by atoms with Crippen LogP contribution in [0.25, 0.3) is 33.4 Å². The third-order valence-electron chi connectivity index (χ3n) is 26.3. The largest absolute Gasteiger partial charge is 0.377 e. The molecule has 13 rings (SSSR count). The Morgan fingerprint density at radius 3 is 1.35 bits per heavy atom. The fourth-order valence-corrected chi connectivity index (χ4v) is 22.1. The number of anilines is 3. The maximum Gasteiger partial charge on any atom is 0.263 e. The van der Waals surface area contributed by atoms with Gasteiger partial charge in [0.2, 0.25) is 17.7 Å². The third-order valence-corrected chi connectivity index (χ3v) is 30.5. The summed E-state index contributed by atoms with van der Waals surface area (Å²) < 4.78 is 148. The highest BCUT2D eigenvalue weighted by Gasteiger charge is 2.50. The normalized spacial score (nSPS) is 16.8. The molecule has 4 aromatic heterocycles. The molecule has 3 N–H and O–H groups in total. The Morgan fingerprint density at radius 1 is 0.507 bits per heavy atom. The van der Waals surface area contributed by atoms with Crippen LogP contribution in [0, 0.1) is 41.5 Å². The molecule has 10 aromatic rings. The summed E-state index contributed by atoms with van der Waals surface area (Å²) in [4.78, 5) is 113. The zero-order valence-corrected chi connectivity index (χ0v) is 87.8. The fraction of sp³-hybridized carbons (Fsp3) is 0.452. The smallest absolute Gasteiger partial charge is 0.263 e. The van der Waals surface area contributed by atoms with Gasteiger partial charge < -0.3 is 52.0 Å². The highest BCUT2D eigenvalue weighted by Crippen LogP contribution is 2.44. The lowest BCUT2D eigenvalue weighted by atomic mass is 9.89. The van der Waals surface area contributed by atoms with Gasteiger partial charge in [0.1, 0.15) is 54.7 Å². The van der Waals surface area contributed by atoms with E-state index in [2.05, 4.69) is 34.7 Å². The first-order valence-corrected chi connectivity index (χ1v) is 52.9. The van der Waals surface area contributed by atoms with Gasteiger partial charge in [-0.05, 0) is 181 Å². The van der Waals surface area contributed by atoms with Gasteiger partial charge >= 0.3 is 0 Å². The van der Waals surface area contributed by atoms with Gasteiger partial charge in [-0.1, -0.05) is 153 Å². The predicted octanol–water partition coefficient (Wildman–Crippen LogP) is 15.4. The maximum absolute atomic E-state index is 16.1. The number of hydrogen-bond donors (Lipinski definition) is 3. The Morgan fingerprint density at radius 2 is 0.924 bits per heavy atom. The molecular weight excluding hydrogens is 1900 g/mol. The molecule has 2 unspecified atom stereocenters. The zero-order chi connectivity index (χ0) is 104. The highest BCUT2D eigenvalue weighted by atomic mass is 32.2. The van der Waals surface area contributed by atoms with Crippen molar-refractivity contribution < 1.29 is 91.3 Å². The van der Waals surface area contributed by atoms with E-state index in [0.29, 0.717) is 144 Å². The monoisotopic (exact) mass is 2030 g/mol. The van der Waals surface area contributed by atoms with Crippen molar-refractivity contribution in [3.05, 3.63) is 212 Å². The molecule has 0 saturated carbocycles. The van der Waals surface area contributed by atoms with Crippen LogP contribution < -0.4 is 14.2 Å². The maximum atomic E-state index is 16.1. The summed E-state index contributed by atoms with van der Waals surface area (Å²) in [7, 11) is -6.10. The Balaban J connectivity index is 0.924. The summed E-state index contributed by atoms with van der Waals surface area (Å²) >= 11 is 0. The number of amides is 6. The summed E-state index contributed by atoms with van der Waals surface area (Å²) in [5.41, 5.74) is 5.17. The molecule has 0 aliphatic carbocycles. The van der Waals surface area contributed by atoms with Crippen molar-refractivity contribution in [1.29, 1.82) is 0 Å². The lowest BCUT2D eigenvalue weighted by Gasteiger charge is -2.31. The second kappa shape index (κ2) is 46.8. The minimum Gasteiger partial charge on any atom is -0.377 e. The number of aromatic nitrogens is 5. The van der Waals surface area contributed by atoms with Crippen LogP contribution in [0.3, 0.4) is 0 Å². The van der Waals surface area contributed by atoms with E-state index in [1.54, 1.807) is 181 Å². The number of ether oxygens (including phenoxy) is 5. The standard InChI is InChI=1S/C104H131N17O20S3/c1-20-26-34-91-107-103(13,62-115(15)93(123)60-134-18)101(126)119(91)53-71-36-42-81(77(47-71)58-137-24-5)87-45-40-75(51-90(87)144(132,133)114-97-67(9)70(12)141-111-97)84(31-22-3)99-108-104(14,63-116(16)94(124)61-135-19)102(127)121(99)55-73-38-43-82(78(49-73)59-138-25-6)86-44-39-74(50-89(86)143(130,131)113-96-66(8)69(11)140-110-96)83(30-21-2)98-105-64-118(100(125)79-52-106-117(17)56-79)46-29-35-92(122)120(98)54-72-37-41-80(76(48-72)57-136-23-4)85-32-27-28-33-88(85)142(128,129)112-95-65(7)68(10)139-109-95/h27-28,32-33,36-45,47-52,56,83-84H,20-26,29-31,34-35,46,53-55,57-64H2,1-19H3,(H,109,112)(H,110,113)(H,111,114)/b105-98-/t83?,84?,103-,104+/m0/s1. The number of methoxy groups -OCH3 is 2. The number of carbonyl (C=O) groups excluding carboxylic acids is 6. The van der Waals surface area contributed by atoms with Crippen LogP contribution in [0.1, 0.15) is 214 Å². The van der Waals surface area contributed by atoms with E-state index >= 15 is 26.4 Å². The molecule has 0 spiro atoms. The van der Waals surface area contributed by atoms with Gasteiger partial charge in [-0.3, -0.25) is 72.3 Å². The molecule has 0 radical (unpaired) electrons. The lowest BCUT2D eigenvalue weighted by Crippen LogP contribution is -2.49. The Labute approximate surface area is 842 Å². The fourth-order valence-electron chi connectivity index (χ4n) is 18.2.